The van der Waals surface area contributed by atoms with Crippen LogP contribution >= 0.6 is 0 Å². The van der Waals surface area contributed by atoms with Gasteiger partial charge in [0.05, 0.1) is 0 Å². The van der Waals surface area contributed by atoms with E-state index in [1.807, 2.05) is 0 Å². The minimum Gasteiger partial charge on any atom is -0.382 e. The van der Waals surface area contributed by atoms with Crippen molar-refractivity contribution in [3.8, 4) is 0 Å². The van der Waals surface area contributed by atoms with Crippen LogP contribution in [0.3, 0.4) is 0 Å². The van der Waals surface area contributed by atoms with Gasteiger partial charge < -0.3 is 11.1 Å². The van der Waals surface area contributed by atoms with Crippen LogP contribution in [0.4, 0.5) is 5.69 Å². The molecule has 0 atom stereocenters. The first kappa shape index (κ1) is 11.5. The van der Waals surface area contributed by atoms with E-state index in [9.17, 15) is 0 Å². The molecule has 0 amide bonds. The number of nitrogens with two attached hydrogens (primary N) is 1. The third kappa shape index (κ3) is 2.76. The SMILES string of the molecule is CCc1ccccc1NC1CCC(N)CC1. The summed E-state index contributed by atoms with van der Waals surface area (Å²) in [6, 6.07) is 9.66. The fraction of sp³-hybridized carbons (Fsp3) is 0.571. The highest BCUT2D eigenvalue weighted by Crippen LogP contribution is 2.23. The third-order valence-corrected chi connectivity index (χ3v) is 3.53. The monoisotopic (exact) mass is 218 g/mol. The van der Waals surface area contributed by atoms with E-state index >= 15 is 0 Å². The lowest BCUT2D eigenvalue weighted by Crippen LogP contribution is -2.33. The van der Waals surface area contributed by atoms with Gasteiger partial charge in [0.2, 0.25) is 0 Å². The Morgan fingerprint density at radius 2 is 1.88 bits per heavy atom. The number of nitrogens with one attached hydrogen (secondary N) is 1. The molecule has 1 fully saturated rings. The second-order valence-corrected chi connectivity index (χ2v) is 4.77. The molecule has 88 valence electrons. The van der Waals surface area contributed by atoms with Gasteiger partial charge in [0.15, 0.2) is 0 Å². The highest BCUT2D eigenvalue weighted by atomic mass is 14.9. The van der Waals surface area contributed by atoms with Gasteiger partial charge in [0.25, 0.3) is 0 Å². The van der Waals surface area contributed by atoms with Crippen LogP contribution in [0.15, 0.2) is 24.3 Å². The Morgan fingerprint density at radius 3 is 2.56 bits per heavy atom. The fourth-order valence-electron chi connectivity index (χ4n) is 2.45. The van der Waals surface area contributed by atoms with E-state index in [0.717, 1.165) is 19.3 Å². The molecule has 0 bridgehead atoms. The van der Waals surface area contributed by atoms with Crippen molar-refractivity contribution >= 4 is 5.69 Å². The van der Waals surface area contributed by atoms with Crippen LogP contribution < -0.4 is 11.1 Å². The Hall–Kier alpha value is -1.02. The molecule has 0 spiro atoms. The molecule has 1 aliphatic carbocycles. The molecule has 16 heavy (non-hydrogen) atoms. The van der Waals surface area contributed by atoms with E-state index in [4.69, 9.17) is 5.73 Å². The average Bonchev–Trinajstić information content (AvgIpc) is 2.33. The molecular weight excluding hydrogens is 196 g/mol. The zero-order valence-corrected chi connectivity index (χ0v) is 10.1. The Kier molecular flexibility index (Phi) is 3.83. The topological polar surface area (TPSA) is 38.0 Å². The van der Waals surface area contributed by atoms with E-state index in [2.05, 4.69) is 36.5 Å². The summed E-state index contributed by atoms with van der Waals surface area (Å²) in [7, 11) is 0. The minimum atomic E-state index is 0.430. The average molecular weight is 218 g/mol. The van der Waals surface area contributed by atoms with Crippen LogP contribution in [-0.4, -0.2) is 12.1 Å². The lowest BCUT2D eigenvalue weighted by molar-refractivity contribution is 0.411. The number of hydrogen-bond acceptors (Lipinski definition) is 2. The highest BCUT2D eigenvalue weighted by molar-refractivity contribution is 5.51. The lowest BCUT2D eigenvalue weighted by atomic mass is 9.91. The molecule has 1 saturated carbocycles. The summed E-state index contributed by atoms with van der Waals surface area (Å²) < 4.78 is 0. The van der Waals surface area contributed by atoms with E-state index < -0.39 is 0 Å². The second-order valence-electron chi connectivity index (χ2n) is 4.77. The van der Waals surface area contributed by atoms with Gasteiger partial charge in [-0.05, 0) is 43.7 Å². The Balaban J connectivity index is 1.98. The van der Waals surface area contributed by atoms with Crippen LogP contribution in [0, 0.1) is 0 Å². The van der Waals surface area contributed by atoms with Crippen LogP contribution in [0.25, 0.3) is 0 Å². The molecule has 1 aromatic rings. The van der Waals surface area contributed by atoms with Gasteiger partial charge in [-0.25, -0.2) is 0 Å². The number of benzene rings is 1. The van der Waals surface area contributed by atoms with Crippen molar-refractivity contribution in [3.05, 3.63) is 29.8 Å². The zero-order valence-electron chi connectivity index (χ0n) is 10.1. The Morgan fingerprint density at radius 1 is 1.19 bits per heavy atom. The molecule has 1 aromatic carbocycles. The van der Waals surface area contributed by atoms with Crippen molar-refractivity contribution in [1.29, 1.82) is 0 Å². The first-order valence-corrected chi connectivity index (χ1v) is 6.39. The smallest absolute Gasteiger partial charge is 0.0374 e. The van der Waals surface area contributed by atoms with E-state index in [0.29, 0.717) is 12.1 Å². The molecule has 0 aliphatic heterocycles. The standard InChI is InChI=1S/C14H22N2/c1-2-11-5-3-4-6-14(11)16-13-9-7-12(15)8-10-13/h3-6,12-13,16H,2,7-10,15H2,1H3. The fourth-order valence-corrected chi connectivity index (χ4v) is 2.45. The molecule has 2 rings (SSSR count). The molecule has 3 N–H and O–H groups in total. The van der Waals surface area contributed by atoms with Crippen LogP contribution in [0.5, 0.6) is 0 Å². The van der Waals surface area contributed by atoms with Crippen LogP contribution in [-0.2, 0) is 6.42 Å². The maximum absolute atomic E-state index is 5.92. The van der Waals surface area contributed by atoms with Gasteiger partial charge in [-0.1, -0.05) is 25.1 Å². The number of aryl methyl sites for hydroxylation is 1. The summed E-state index contributed by atoms with van der Waals surface area (Å²) >= 11 is 0. The summed E-state index contributed by atoms with van der Waals surface area (Å²) in [4.78, 5) is 0. The third-order valence-electron chi connectivity index (χ3n) is 3.53. The number of anilines is 1. The van der Waals surface area contributed by atoms with Gasteiger partial charge in [0, 0.05) is 17.8 Å². The van der Waals surface area contributed by atoms with Crippen LogP contribution in [0.1, 0.15) is 38.2 Å². The van der Waals surface area contributed by atoms with Gasteiger partial charge in [-0.3, -0.25) is 0 Å². The maximum atomic E-state index is 5.92. The summed E-state index contributed by atoms with van der Waals surface area (Å²) in [5, 5.41) is 3.67. The largest absolute Gasteiger partial charge is 0.382 e. The summed E-state index contributed by atoms with van der Waals surface area (Å²) in [5.41, 5.74) is 8.64. The minimum absolute atomic E-state index is 0.430. The normalized spacial score (nSPS) is 25.4. The highest BCUT2D eigenvalue weighted by Gasteiger charge is 2.18. The van der Waals surface area contributed by atoms with Gasteiger partial charge >= 0.3 is 0 Å². The van der Waals surface area contributed by atoms with Gasteiger partial charge in [-0.15, -0.1) is 0 Å². The van der Waals surface area contributed by atoms with Gasteiger partial charge in [0.1, 0.15) is 0 Å². The molecule has 0 saturated heterocycles. The first-order chi connectivity index (χ1) is 7.79. The summed E-state index contributed by atoms with van der Waals surface area (Å²) in [6.07, 6.45) is 5.83. The van der Waals surface area contributed by atoms with Gasteiger partial charge in [-0.2, -0.15) is 0 Å². The van der Waals surface area contributed by atoms with E-state index in [-0.39, 0.29) is 0 Å². The van der Waals surface area contributed by atoms with Crippen molar-refractivity contribution in [3.63, 3.8) is 0 Å². The molecule has 2 heteroatoms. The quantitative estimate of drug-likeness (QED) is 0.818. The van der Waals surface area contributed by atoms with Crippen molar-refractivity contribution < 1.29 is 0 Å². The Labute approximate surface area is 98.2 Å². The van der Waals surface area contributed by atoms with Crippen molar-refractivity contribution in [2.45, 2.75) is 51.1 Å². The zero-order chi connectivity index (χ0) is 11.4. The number of hydrogen-bond donors (Lipinski definition) is 2. The Bertz CT molecular complexity index is 327. The maximum Gasteiger partial charge on any atom is 0.0374 e. The number of rotatable bonds is 3. The van der Waals surface area contributed by atoms with Crippen LogP contribution in [0.2, 0.25) is 0 Å². The molecule has 1 aliphatic rings. The molecule has 0 unspecified atom stereocenters. The van der Waals surface area contributed by atoms with E-state index in [1.165, 1.54) is 24.1 Å². The first-order valence-electron chi connectivity index (χ1n) is 6.39. The lowest BCUT2D eigenvalue weighted by Gasteiger charge is -2.28. The molecule has 2 nitrogen and oxygen atoms in total. The predicted octanol–water partition coefficient (Wildman–Crippen LogP) is 2.93. The molecule has 0 aromatic heterocycles. The van der Waals surface area contributed by atoms with E-state index in [1.54, 1.807) is 0 Å². The molecule has 0 radical (unpaired) electrons. The summed E-state index contributed by atoms with van der Waals surface area (Å²) in [6.45, 7) is 2.21. The second kappa shape index (κ2) is 5.35. The predicted molar refractivity (Wildman–Crippen MR) is 69.7 cm³/mol. The van der Waals surface area contributed by atoms with Crippen molar-refractivity contribution in [2.75, 3.05) is 5.32 Å². The number of para-hydroxylation sites is 1. The van der Waals surface area contributed by atoms with Crippen molar-refractivity contribution in [2.24, 2.45) is 5.73 Å². The van der Waals surface area contributed by atoms with Crippen molar-refractivity contribution in [1.82, 2.24) is 0 Å². The molecule has 0 heterocycles. The molecular formula is C14H22N2. The summed E-state index contributed by atoms with van der Waals surface area (Å²) in [5.74, 6) is 0.